The van der Waals surface area contributed by atoms with Crippen LogP contribution in [0.1, 0.15) is 32.7 Å². The zero-order valence-electron chi connectivity index (χ0n) is 18.0. The van der Waals surface area contributed by atoms with Gasteiger partial charge in [-0.05, 0) is 38.8 Å². The number of carbonyl (C=O) groups excluding carboxylic acids is 1. The van der Waals surface area contributed by atoms with Crippen molar-refractivity contribution in [2.45, 2.75) is 37.9 Å². The number of morpholine rings is 1. The minimum absolute atomic E-state index is 0.102. The summed E-state index contributed by atoms with van der Waals surface area (Å²) in [6, 6.07) is 5.85. The van der Waals surface area contributed by atoms with Crippen LogP contribution >= 0.6 is 11.8 Å². The molecule has 0 bridgehead atoms. The SMILES string of the molecule is CCOc1ccc(NC(=O)CSc2nnc(N3CCOCC3)n2C2CC2)cc1OCC. The number of carbonyl (C=O) groups is 1. The number of ether oxygens (including phenoxy) is 3. The average Bonchev–Trinajstić information content (AvgIpc) is 3.53. The third-order valence-corrected chi connectivity index (χ3v) is 5.96. The molecule has 2 fully saturated rings. The number of nitrogens with zero attached hydrogens (tertiary/aromatic N) is 4. The Morgan fingerprint density at radius 2 is 1.90 bits per heavy atom. The van der Waals surface area contributed by atoms with Gasteiger partial charge in [-0.3, -0.25) is 9.36 Å². The molecule has 2 heterocycles. The molecule has 1 saturated heterocycles. The summed E-state index contributed by atoms with van der Waals surface area (Å²) in [7, 11) is 0. The number of thioether (sulfide) groups is 1. The van der Waals surface area contributed by atoms with Crippen molar-refractivity contribution >= 4 is 29.3 Å². The summed E-state index contributed by atoms with van der Waals surface area (Å²) in [4.78, 5) is 14.8. The number of anilines is 2. The summed E-state index contributed by atoms with van der Waals surface area (Å²) in [5.74, 6) is 2.34. The minimum atomic E-state index is -0.102. The quantitative estimate of drug-likeness (QED) is 0.556. The molecule has 9 nitrogen and oxygen atoms in total. The molecular formula is C21H29N5O4S. The Hall–Kier alpha value is -2.46. The number of nitrogens with one attached hydrogen (secondary N) is 1. The molecule has 0 unspecified atom stereocenters. The third-order valence-electron chi connectivity index (χ3n) is 5.01. The van der Waals surface area contributed by atoms with Gasteiger partial charge in [0.05, 0.1) is 32.2 Å². The molecule has 4 rings (SSSR count). The van der Waals surface area contributed by atoms with E-state index in [1.807, 2.05) is 26.0 Å². The van der Waals surface area contributed by atoms with Gasteiger partial charge in [0.2, 0.25) is 11.9 Å². The zero-order chi connectivity index (χ0) is 21.6. The maximum absolute atomic E-state index is 12.6. The van der Waals surface area contributed by atoms with E-state index in [-0.39, 0.29) is 11.7 Å². The van der Waals surface area contributed by atoms with Crippen molar-refractivity contribution in [2.24, 2.45) is 0 Å². The molecule has 0 atom stereocenters. The van der Waals surface area contributed by atoms with E-state index < -0.39 is 0 Å². The summed E-state index contributed by atoms with van der Waals surface area (Å²) < 4.78 is 18.8. The fraction of sp³-hybridized carbons (Fsp3) is 0.571. The second kappa shape index (κ2) is 10.2. The van der Waals surface area contributed by atoms with Crippen LogP contribution in [0, 0.1) is 0 Å². The molecular weight excluding hydrogens is 418 g/mol. The summed E-state index contributed by atoms with van der Waals surface area (Å²) in [6.45, 7) is 7.95. The minimum Gasteiger partial charge on any atom is -0.490 e. The van der Waals surface area contributed by atoms with Crippen LogP contribution in [0.4, 0.5) is 11.6 Å². The second-order valence-electron chi connectivity index (χ2n) is 7.35. The third kappa shape index (κ3) is 5.43. The van der Waals surface area contributed by atoms with Crippen LogP contribution in [0.3, 0.4) is 0 Å². The van der Waals surface area contributed by atoms with E-state index in [1.165, 1.54) is 11.8 Å². The second-order valence-corrected chi connectivity index (χ2v) is 8.29. The highest BCUT2D eigenvalue weighted by Gasteiger charge is 2.32. The van der Waals surface area contributed by atoms with E-state index in [0.29, 0.717) is 49.7 Å². The number of hydrogen-bond donors (Lipinski definition) is 1. The lowest BCUT2D eigenvalue weighted by Gasteiger charge is -2.27. The predicted molar refractivity (Wildman–Crippen MR) is 119 cm³/mol. The molecule has 10 heteroatoms. The first-order valence-corrected chi connectivity index (χ1v) is 11.8. The number of hydrogen-bond acceptors (Lipinski definition) is 8. The van der Waals surface area contributed by atoms with E-state index in [0.717, 1.165) is 37.0 Å². The van der Waals surface area contributed by atoms with Crippen LogP contribution in [-0.2, 0) is 9.53 Å². The lowest BCUT2D eigenvalue weighted by Crippen LogP contribution is -2.38. The van der Waals surface area contributed by atoms with Gasteiger partial charge < -0.3 is 24.4 Å². The number of amides is 1. The van der Waals surface area contributed by atoms with E-state index in [1.54, 1.807) is 6.07 Å². The Kier molecular flexibility index (Phi) is 7.18. The Balaban J connectivity index is 1.39. The van der Waals surface area contributed by atoms with Crippen LogP contribution in [0.25, 0.3) is 0 Å². The van der Waals surface area contributed by atoms with Gasteiger partial charge in [0.25, 0.3) is 0 Å². The van der Waals surface area contributed by atoms with E-state index >= 15 is 0 Å². The number of aromatic nitrogens is 3. The number of benzene rings is 1. The van der Waals surface area contributed by atoms with Crippen LogP contribution in [-0.4, -0.2) is 65.9 Å². The van der Waals surface area contributed by atoms with Gasteiger partial charge in [-0.25, -0.2) is 0 Å². The van der Waals surface area contributed by atoms with Gasteiger partial charge in [-0.15, -0.1) is 10.2 Å². The van der Waals surface area contributed by atoms with Crippen LogP contribution in [0.5, 0.6) is 11.5 Å². The fourth-order valence-corrected chi connectivity index (χ4v) is 4.26. The molecule has 1 aromatic heterocycles. The molecule has 0 spiro atoms. The maximum Gasteiger partial charge on any atom is 0.234 e. The van der Waals surface area contributed by atoms with Gasteiger partial charge >= 0.3 is 0 Å². The zero-order valence-corrected chi connectivity index (χ0v) is 18.8. The van der Waals surface area contributed by atoms with Gasteiger partial charge in [0, 0.05) is 30.9 Å². The van der Waals surface area contributed by atoms with E-state index in [4.69, 9.17) is 14.2 Å². The molecule has 2 aliphatic rings. The summed E-state index contributed by atoms with van der Waals surface area (Å²) >= 11 is 1.42. The standard InChI is InChI=1S/C21H29N5O4S/c1-3-29-17-8-5-15(13-18(17)30-4-2)22-19(27)14-31-21-24-23-20(26(21)16-6-7-16)25-9-11-28-12-10-25/h5,8,13,16H,3-4,6-7,9-12,14H2,1-2H3,(H,22,27). The molecule has 0 radical (unpaired) electrons. The first kappa shape index (κ1) is 21.8. The lowest BCUT2D eigenvalue weighted by molar-refractivity contribution is -0.113. The molecule has 1 aliphatic carbocycles. The van der Waals surface area contributed by atoms with Crippen molar-refractivity contribution < 1.29 is 19.0 Å². The molecule has 1 aliphatic heterocycles. The molecule has 2 aromatic rings. The highest BCUT2D eigenvalue weighted by Crippen LogP contribution is 2.41. The van der Waals surface area contributed by atoms with Crippen molar-refractivity contribution in [3.63, 3.8) is 0 Å². The van der Waals surface area contributed by atoms with Crippen molar-refractivity contribution in [3.05, 3.63) is 18.2 Å². The molecule has 31 heavy (non-hydrogen) atoms. The van der Waals surface area contributed by atoms with Crippen LogP contribution < -0.4 is 19.7 Å². The topological polar surface area (TPSA) is 90.7 Å². The van der Waals surface area contributed by atoms with Gasteiger partial charge in [-0.1, -0.05) is 11.8 Å². The summed E-state index contributed by atoms with van der Waals surface area (Å²) in [5, 5.41) is 12.5. The Bertz CT molecular complexity index is 896. The van der Waals surface area contributed by atoms with Gasteiger partial charge in [-0.2, -0.15) is 0 Å². The first-order chi connectivity index (χ1) is 15.2. The predicted octanol–water partition coefficient (Wildman–Crippen LogP) is 2.98. The molecule has 168 valence electrons. The maximum atomic E-state index is 12.6. The molecule has 1 N–H and O–H groups in total. The monoisotopic (exact) mass is 447 g/mol. The Morgan fingerprint density at radius 1 is 1.16 bits per heavy atom. The fourth-order valence-electron chi connectivity index (χ4n) is 3.46. The van der Waals surface area contributed by atoms with E-state index in [9.17, 15) is 4.79 Å². The number of rotatable bonds is 10. The van der Waals surface area contributed by atoms with Gasteiger partial charge in [0.15, 0.2) is 16.7 Å². The van der Waals surface area contributed by atoms with Crippen molar-refractivity contribution in [3.8, 4) is 11.5 Å². The Morgan fingerprint density at radius 3 is 2.61 bits per heavy atom. The van der Waals surface area contributed by atoms with E-state index in [2.05, 4.69) is 25.0 Å². The lowest BCUT2D eigenvalue weighted by atomic mass is 10.2. The van der Waals surface area contributed by atoms with Crippen molar-refractivity contribution in [1.82, 2.24) is 14.8 Å². The molecule has 1 saturated carbocycles. The van der Waals surface area contributed by atoms with Crippen molar-refractivity contribution in [1.29, 1.82) is 0 Å². The van der Waals surface area contributed by atoms with Gasteiger partial charge in [0.1, 0.15) is 0 Å². The largest absolute Gasteiger partial charge is 0.490 e. The van der Waals surface area contributed by atoms with Crippen LogP contribution in [0.15, 0.2) is 23.4 Å². The highest BCUT2D eigenvalue weighted by atomic mass is 32.2. The smallest absolute Gasteiger partial charge is 0.234 e. The molecule has 1 aromatic carbocycles. The highest BCUT2D eigenvalue weighted by molar-refractivity contribution is 7.99. The molecule has 1 amide bonds. The van der Waals surface area contributed by atoms with Crippen molar-refractivity contribution in [2.75, 3.05) is 55.5 Å². The summed E-state index contributed by atoms with van der Waals surface area (Å²) in [5.41, 5.74) is 0.676. The first-order valence-electron chi connectivity index (χ1n) is 10.8. The summed E-state index contributed by atoms with van der Waals surface area (Å²) in [6.07, 6.45) is 2.25. The Labute approximate surface area is 186 Å². The van der Waals surface area contributed by atoms with Crippen LogP contribution in [0.2, 0.25) is 0 Å². The average molecular weight is 448 g/mol. The normalized spacial score (nSPS) is 16.3.